The predicted molar refractivity (Wildman–Crippen MR) is 74.7 cm³/mol. The van der Waals surface area contributed by atoms with E-state index in [2.05, 4.69) is 4.98 Å². The minimum atomic E-state index is -1.02. The molecule has 2 aromatic rings. The molecule has 0 atom stereocenters. The molecule has 0 bridgehead atoms. The third-order valence-electron chi connectivity index (χ3n) is 2.61. The highest BCUT2D eigenvalue weighted by Gasteiger charge is 2.20. The van der Waals surface area contributed by atoms with E-state index in [9.17, 15) is 14.4 Å². The molecule has 0 fully saturated rings. The molecule has 8 heteroatoms. The molecule has 22 heavy (non-hydrogen) atoms. The highest BCUT2D eigenvalue weighted by atomic mass is 16.5. The van der Waals surface area contributed by atoms with Crippen molar-refractivity contribution in [3.05, 3.63) is 41.8 Å². The van der Waals surface area contributed by atoms with E-state index in [1.165, 1.54) is 0 Å². The fourth-order valence-electron chi connectivity index (χ4n) is 1.66. The molecule has 3 N–H and O–H groups in total. The zero-order valence-corrected chi connectivity index (χ0v) is 11.7. The number of carbonyl (C=O) groups excluding carboxylic acids is 3. The molecule has 0 aliphatic rings. The number of urea groups is 1. The van der Waals surface area contributed by atoms with E-state index in [4.69, 9.17) is 14.9 Å². The van der Waals surface area contributed by atoms with Crippen LogP contribution in [0.25, 0.3) is 11.5 Å². The summed E-state index contributed by atoms with van der Waals surface area (Å²) in [5.74, 6) is -1.13. The van der Waals surface area contributed by atoms with Crippen molar-refractivity contribution in [1.82, 2.24) is 10.3 Å². The van der Waals surface area contributed by atoms with Gasteiger partial charge in [-0.05, 0) is 19.1 Å². The van der Waals surface area contributed by atoms with Crippen LogP contribution in [-0.4, -0.2) is 29.5 Å². The van der Waals surface area contributed by atoms with Crippen molar-refractivity contribution >= 4 is 17.9 Å². The Morgan fingerprint density at radius 1 is 1.27 bits per heavy atom. The van der Waals surface area contributed by atoms with Gasteiger partial charge in [0.15, 0.2) is 12.3 Å². The molecule has 0 unspecified atom stereocenters. The highest BCUT2D eigenvalue weighted by molar-refractivity contribution is 5.96. The zero-order valence-electron chi connectivity index (χ0n) is 11.7. The Balaban J connectivity index is 2.06. The van der Waals surface area contributed by atoms with Gasteiger partial charge >= 0.3 is 12.0 Å². The summed E-state index contributed by atoms with van der Waals surface area (Å²) in [6.07, 6.45) is 0. The maximum absolute atomic E-state index is 11.9. The van der Waals surface area contributed by atoms with Gasteiger partial charge in [-0.15, -0.1) is 0 Å². The van der Waals surface area contributed by atoms with Crippen molar-refractivity contribution in [2.75, 3.05) is 6.61 Å². The lowest BCUT2D eigenvalue weighted by molar-refractivity contribution is -0.123. The van der Waals surface area contributed by atoms with Crippen LogP contribution in [-0.2, 0) is 9.53 Å². The van der Waals surface area contributed by atoms with E-state index in [1.54, 1.807) is 36.5 Å². The Morgan fingerprint density at radius 3 is 2.59 bits per heavy atom. The summed E-state index contributed by atoms with van der Waals surface area (Å²) in [5.41, 5.74) is 5.43. The lowest BCUT2D eigenvalue weighted by Gasteiger charge is -2.02. The van der Waals surface area contributed by atoms with Crippen LogP contribution in [0.15, 0.2) is 34.7 Å². The van der Waals surface area contributed by atoms with Gasteiger partial charge in [-0.2, -0.15) is 0 Å². The quantitative estimate of drug-likeness (QED) is 0.812. The Kier molecular flexibility index (Phi) is 4.52. The molecule has 0 saturated carbocycles. The summed E-state index contributed by atoms with van der Waals surface area (Å²) in [5, 5.41) is 1.77. The van der Waals surface area contributed by atoms with E-state index >= 15 is 0 Å². The monoisotopic (exact) mass is 303 g/mol. The number of oxazole rings is 1. The summed E-state index contributed by atoms with van der Waals surface area (Å²) in [7, 11) is 0. The summed E-state index contributed by atoms with van der Waals surface area (Å²) in [4.78, 5) is 37.5. The molecule has 2 rings (SSSR count). The number of ether oxygens (including phenoxy) is 1. The van der Waals surface area contributed by atoms with E-state index in [-0.39, 0.29) is 17.3 Å². The van der Waals surface area contributed by atoms with Crippen LogP contribution in [0.2, 0.25) is 0 Å². The van der Waals surface area contributed by atoms with Gasteiger partial charge in [0.2, 0.25) is 5.89 Å². The molecule has 0 aliphatic heterocycles. The van der Waals surface area contributed by atoms with Crippen LogP contribution < -0.4 is 11.1 Å². The number of aryl methyl sites for hydroxylation is 1. The van der Waals surface area contributed by atoms with Gasteiger partial charge in [-0.3, -0.25) is 10.1 Å². The van der Waals surface area contributed by atoms with Crippen LogP contribution in [0.1, 0.15) is 16.2 Å². The van der Waals surface area contributed by atoms with E-state index in [1.807, 2.05) is 6.07 Å². The lowest BCUT2D eigenvalue weighted by atomic mass is 10.2. The summed E-state index contributed by atoms with van der Waals surface area (Å²) in [6.45, 7) is 0.911. The number of nitrogens with two attached hydrogens (primary N) is 1. The molecule has 1 heterocycles. The summed E-state index contributed by atoms with van der Waals surface area (Å²) < 4.78 is 10.1. The Bertz CT molecular complexity index is 709. The molecule has 114 valence electrons. The molecule has 0 spiro atoms. The number of nitrogens with zero attached hydrogens (tertiary/aromatic N) is 1. The van der Waals surface area contributed by atoms with Crippen molar-refractivity contribution in [3.63, 3.8) is 0 Å². The van der Waals surface area contributed by atoms with Gasteiger partial charge in [0, 0.05) is 5.56 Å². The van der Waals surface area contributed by atoms with E-state index in [0.717, 1.165) is 0 Å². The maximum atomic E-state index is 11.9. The number of amides is 3. The molecule has 1 aromatic heterocycles. The number of rotatable bonds is 4. The number of aromatic nitrogens is 1. The second kappa shape index (κ2) is 6.53. The zero-order chi connectivity index (χ0) is 16.1. The van der Waals surface area contributed by atoms with Crippen molar-refractivity contribution < 1.29 is 23.5 Å². The molecule has 0 aliphatic carbocycles. The number of benzene rings is 1. The van der Waals surface area contributed by atoms with Gasteiger partial charge in [-0.1, -0.05) is 18.2 Å². The minimum absolute atomic E-state index is 0.0364. The van der Waals surface area contributed by atoms with E-state index < -0.39 is 24.5 Å². The van der Waals surface area contributed by atoms with Crippen LogP contribution in [0.5, 0.6) is 0 Å². The number of carbonyl (C=O) groups is 3. The standard InChI is InChI=1S/C14H13N3O5/c1-8-11(13(19)21-7-10(18)16-14(15)20)17-12(22-8)9-5-3-2-4-6-9/h2-6H,7H2,1H3,(H3,15,16,18,20). The van der Waals surface area contributed by atoms with Gasteiger partial charge in [0.05, 0.1) is 0 Å². The Hall–Kier alpha value is -3.16. The highest BCUT2D eigenvalue weighted by Crippen LogP contribution is 2.21. The van der Waals surface area contributed by atoms with Crippen molar-refractivity contribution in [3.8, 4) is 11.5 Å². The van der Waals surface area contributed by atoms with Crippen molar-refractivity contribution in [2.45, 2.75) is 6.92 Å². The Morgan fingerprint density at radius 2 is 1.95 bits per heavy atom. The second-order valence-corrected chi connectivity index (χ2v) is 4.28. The first-order valence-electron chi connectivity index (χ1n) is 6.26. The van der Waals surface area contributed by atoms with Gasteiger partial charge in [0.25, 0.3) is 5.91 Å². The fourth-order valence-corrected chi connectivity index (χ4v) is 1.66. The Labute approximate surface area is 125 Å². The van der Waals surface area contributed by atoms with Gasteiger partial charge in [0.1, 0.15) is 5.76 Å². The van der Waals surface area contributed by atoms with Crippen molar-refractivity contribution in [2.24, 2.45) is 5.73 Å². The molecule has 8 nitrogen and oxygen atoms in total. The first kappa shape index (κ1) is 15.2. The molecule has 0 saturated heterocycles. The predicted octanol–water partition coefficient (Wildman–Crippen LogP) is 1.00. The van der Waals surface area contributed by atoms with Gasteiger partial charge in [-0.25, -0.2) is 14.6 Å². The summed E-state index contributed by atoms with van der Waals surface area (Å²) >= 11 is 0. The number of primary amides is 1. The molecular formula is C14H13N3O5. The first-order valence-corrected chi connectivity index (χ1v) is 6.26. The third kappa shape index (κ3) is 3.69. The average molecular weight is 303 g/mol. The lowest BCUT2D eigenvalue weighted by Crippen LogP contribution is -2.37. The SMILES string of the molecule is Cc1oc(-c2ccccc2)nc1C(=O)OCC(=O)NC(N)=O. The number of hydrogen-bond donors (Lipinski definition) is 2. The number of hydrogen-bond acceptors (Lipinski definition) is 6. The summed E-state index contributed by atoms with van der Waals surface area (Å²) in [6, 6.07) is 7.99. The number of imide groups is 1. The van der Waals surface area contributed by atoms with E-state index in [0.29, 0.717) is 5.56 Å². The number of nitrogens with one attached hydrogen (secondary N) is 1. The topological polar surface area (TPSA) is 125 Å². The third-order valence-corrected chi connectivity index (χ3v) is 2.61. The van der Waals surface area contributed by atoms with Crippen LogP contribution in [0.3, 0.4) is 0 Å². The molecule has 1 aromatic carbocycles. The number of esters is 1. The smallest absolute Gasteiger partial charge is 0.361 e. The normalized spacial score (nSPS) is 10.0. The largest absolute Gasteiger partial charge is 0.451 e. The first-order chi connectivity index (χ1) is 10.5. The van der Waals surface area contributed by atoms with Crippen LogP contribution >= 0.6 is 0 Å². The van der Waals surface area contributed by atoms with Crippen LogP contribution in [0.4, 0.5) is 4.79 Å². The van der Waals surface area contributed by atoms with Crippen LogP contribution in [0, 0.1) is 6.92 Å². The minimum Gasteiger partial charge on any atom is -0.451 e. The molecule has 0 radical (unpaired) electrons. The molecule has 3 amide bonds. The average Bonchev–Trinajstić information content (AvgIpc) is 2.87. The fraction of sp³-hybridized carbons (Fsp3) is 0.143. The van der Waals surface area contributed by atoms with Gasteiger partial charge < -0.3 is 14.9 Å². The molecular weight excluding hydrogens is 290 g/mol. The second-order valence-electron chi connectivity index (χ2n) is 4.28. The maximum Gasteiger partial charge on any atom is 0.361 e. The van der Waals surface area contributed by atoms with Crippen molar-refractivity contribution in [1.29, 1.82) is 0 Å².